The van der Waals surface area contributed by atoms with Gasteiger partial charge in [-0.15, -0.1) is 0 Å². The number of ether oxygens (including phenoxy) is 2. The van der Waals surface area contributed by atoms with Crippen molar-refractivity contribution in [3.05, 3.63) is 23.8 Å². The number of carbonyl (C=O) groups is 2. The van der Waals surface area contributed by atoms with Crippen LogP contribution in [0.3, 0.4) is 0 Å². The predicted octanol–water partition coefficient (Wildman–Crippen LogP) is 2.47. The topological polar surface area (TPSA) is 81.9 Å². The zero-order chi connectivity index (χ0) is 17.5. The second-order valence-electron chi connectivity index (χ2n) is 5.92. The van der Waals surface area contributed by atoms with Crippen LogP contribution in [0, 0.1) is 5.92 Å². The lowest BCUT2D eigenvalue weighted by Crippen LogP contribution is -2.40. The van der Waals surface area contributed by atoms with Gasteiger partial charge in [-0.3, -0.25) is 9.59 Å². The number of rotatable bonds is 6. The minimum Gasteiger partial charge on any atom is -0.491 e. The third kappa shape index (κ3) is 4.40. The van der Waals surface area contributed by atoms with Gasteiger partial charge in [0.05, 0.1) is 24.8 Å². The lowest BCUT2D eigenvalue weighted by Gasteiger charge is -2.31. The van der Waals surface area contributed by atoms with Crippen LogP contribution >= 0.6 is 0 Å². The summed E-state index contributed by atoms with van der Waals surface area (Å²) < 4.78 is 10.6. The molecule has 0 aromatic heterocycles. The Balaban J connectivity index is 1.95. The number of esters is 1. The summed E-state index contributed by atoms with van der Waals surface area (Å²) in [7, 11) is 0. The molecule has 1 aromatic rings. The molecule has 0 saturated carbocycles. The Labute approximate surface area is 142 Å². The van der Waals surface area contributed by atoms with Gasteiger partial charge in [-0.1, -0.05) is 6.92 Å². The van der Waals surface area contributed by atoms with Crippen LogP contribution in [0.1, 0.15) is 43.5 Å². The van der Waals surface area contributed by atoms with Gasteiger partial charge in [-0.05, 0) is 44.4 Å². The number of nitrogens with zero attached hydrogens (tertiary/aromatic N) is 1. The normalized spacial score (nSPS) is 15.2. The van der Waals surface area contributed by atoms with Crippen molar-refractivity contribution >= 4 is 17.6 Å². The summed E-state index contributed by atoms with van der Waals surface area (Å²) in [6.45, 7) is 5.91. The zero-order valence-electron chi connectivity index (χ0n) is 14.4. The van der Waals surface area contributed by atoms with Gasteiger partial charge in [0.15, 0.2) is 0 Å². The monoisotopic (exact) mass is 334 g/mol. The van der Waals surface area contributed by atoms with E-state index in [0.717, 1.165) is 6.42 Å². The summed E-state index contributed by atoms with van der Waals surface area (Å²) in [4.78, 5) is 26.1. The van der Waals surface area contributed by atoms with Crippen molar-refractivity contribution in [2.24, 2.45) is 5.92 Å². The molecule has 6 nitrogen and oxygen atoms in total. The molecule has 2 N–H and O–H groups in total. The molecule has 0 unspecified atom stereocenters. The van der Waals surface area contributed by atoms with E-state index in [9.17, 15) is 9.59 Å². The molecule has 1 aliphatic heterocycles. The van der Waals surface area contributed by atoms with Gasteiger partial charge >= 0.3 is 5.97 Å². The molecule has 1 heterocycles. The molecule has 0 spiro atoms. The third-order valence-electron chi connectivity index (χ3n) is 4.12. The first-order valence-electron chi connectivity index (χ1n) is 8.55. The van der Waals surface area contributed by atoms with E-state index < -0.39 is 0 Å². The Morgan fingerprint density at radius 1 is 1.25 bits per heavy atom. The summed E-state index contributed by atoms with van der Waals surface area (Å²) in [5, 5.41) is 0. The zero-order valence-corrected chi connectivity index (χ0v) is 14.4. The van der Waals surface area contributed by atoms with Crippen LogP contribution in [0.15, 0.2) is 18.2 Å². The number of benzene rings is 1. The fourth-order valence-corrected chi connectivity index (χ4v) is 2.79. The Morgan fingerprint density at radius 2 is 1.96 bits per heavy atom. The molecule has 2 rings (SSSR count). The van der Waals surface area contributed by atoms with E-state index in [4.69, 9.17) is 15.2 Å². The van der Waals surface area contributed by atoms with Crippen LogP contribution < -0.4 is 10.5 Å². The molecule has 6 heteroatoms. The Bertz CT molecular complexity index is 580. The number of amides is 1. The minimum absolute atomic E-state index is 0.0638. The Hall–Kier alpha value is -2.24. The molecule has 0 aliphatic carbocycles. The highest BCUT2D eigenvalue weighted by Gasteiger charge is 2.28. The van der Waals surface area contributed by atoms with E-state index in [-0.39, 0.29) is 17.8 Å². The molecule has 1 aromatic carbocycles. The van der Waals surface area contributed by atoms with E-state index in [1.54, 1.807) is 30.0 Å². The summed E-state index contributed by atoms with van der Waals surface area (Å²) in [5.41, 5.74) is 6.98. The van der Waals surface area contributed by atoms with E-state index in [1.165, 1.54) is 0 Å². The molecular weight excluding hydrogens is 308 g/mol. The number of nitrogen functional groups attached to an aromatic ring is 1. The van der Waals surface area contributed by atoms with Gasteiger partial charge in [-0.2, -0.15) is 0 Å². The van der Waals surface area contributed by atoms with Gasteiger partial charge in [0.25, 0.3) is 5.91 Å². The van der Waals surface area contributed by atoms with Gasteiger partial charge in [0.1, 0.15) is 5.75 Å². The molecule has 1 saturated heterocycles. The number of nitrogens with two attached hydrogens (primary N) is 1. The van der Waals surface area contributed by atoms with Crippen LogP contribution in [0.2, 0.25) is 0 Å². The lowest BCUT2D eigenvalue weighted by molar-refractivity contribution is -0.149. The average Bonchev–Trinajstić information content (AvgIpc) is 2.60. The van der Waals surface area contributed by atoms with Crippen LogP contribution in [-0.4, -0.2) is 43.1 Å². The number of hydrogen-bond donors (Lipinski definition) is 1. The first kappa shape index (κ1) is 18.1. The fourth-order valence-electron chi connectivity index (χ4n) is 2.79. The summed E-state index contributed by atoms with van der Waals surface area (Å²) >= 11 is 0. The average molecular weight is 334 g/mol. The van der Waals surface area contributed by atoms with E-state index in [2.05, 4.69) is 0 Å². The summed E-state index contributed by atoms with van der Waals surface area (Å²) in [6, 6.07) is 5.13. The van der Waals surface area contributed by atoms with Crippen LogP contribution in [-0.2, 0) is 9.53 Å². The first-order chi connectivity index (χ1) is 11.6. The molecule has 132 valence electrons. The summed E-state index contributed by atoms with van der Waals surface area (Å²) in [6.07, 6.45) is 2.17. The molecule has 0 radical (unpaired) electrons. The van der Waals surface area contributed by atoms with Crippen molar-refractivity contribution in [3.8, 4) is 5.75 Å². The van der Waals surface area contributed by atoms with Crippen molar-refractivity contribution in [3.63, 3.8) is 0 Å². The van der Waals surface area contributed by atoms with E-state index >= 15 is 0 Å². The molecule has 0 bridgehead atoms. The largest absolute Gasteiger partial charge is 0.491 e. The fraction of sp³-hybridized carbons (Fsp3) is 0.556. The highest BCUT2D eigenvalue weighted by Crippen LogP contribution is 2.25. The highest BCUT2D eigenvalue weighted by atomic mass is 16.5. The number of piperidine rings is 1. The second-order valence-corrected chi connectivity index (χ2v) is 5.92. The third-order valence-corrected chi connectivity index (χ3v) is 4.12. The van der Waals surface area contributed by atoms with E-state index in [0.29, 0.717) is 56.1 Å². The van der Waals surface area contributed by atoms with Crippen molar-refractivity contribution in [1.29, 1.82) is 0 Å². The Morgan fingerprint density at radius 3 is 2.54 bits per heavy atom. The quantitative estimate of drug-likeness (QED) is 0.638. The molecule has 0 atom stereocenters. The van der Waals surface area contributed by atoms with Crippen molar-refractivity contribution in [2.75, 3.05) is 32.0 Å². The second kappa shape index (κ2) is 8.57. The Kier molecular flexibility index (Phi) is 6.46. The van der Waals surface area contributed by atoms with Gasteiger partial charge in [0, 0.05) is 18.7 Å². The maximum absolute atomic E-state index is 12.6. The maximum atomic E-state index is 12.6. The molecular formula is C18H26N2O4. The first-order valence-corrected chi connectivity index (χ1v) is 8.55. The smallest absolute Gasteiger partial charge is 0.309 e. The van der Waals surface area contributed by atoms with Gasteiger partial charge in [0.2, 0.25) is 0 Å². The van der Waals surface area contributed by atoms with Gasteiger partial charge in [-0.25, -0.2) is 0 Å². The molecule has 1 aliphatic rings. The maximum Gasteiger partial charge on any atom is 0.309 e. The lowest BCUT2D eigenvalue weighted by atomic mass is 9.96. The van der Waals surface area contributed by atoms with Crippen LogP contribution in [0.5, 0.6) is 5.75 Å². The van der Waals surface area contributed by atoms with E-state index in [1.807, 2.05) is 6.92 Å². The molecule has 24 heavy (non-hydrogen) atoms. The van der Waals surface area contributed by atoms with Gasteiger partial charge < -0.3 is 20.1 Å². The number of likely N-dealkylation sites (tertiary alicyclic amines) is 1. The summed E-state index contributed by atoms with van der Waals surface area (Å²) in [5.74, 6) is 0.274. The standard InChI is InChI=1S/C18H26N2O4/c1-3-11-24-16-6-5-14(12-15(16)19)17(21)20-9-7-13(8-10-20)18(22)23-4-2/h5-6,12-13H,3-4,7-11,19H2,1-2H3. The predicted molar refractivity (Wildman–Crippen MR) is 91.9 cm³/mol. The minimum atomic E-state index is -0.161. The van der Waals surface area contributed by atoms with Crippen molar-refractivity contribution < 1.29 is 19.1 Å². The van der Waals surface area contributed by atoms with Crippen LogP contribution in [0.25, 0.3) is 0 Å². The number of carbonyl (C=O) groups excluding carboxylic acids is 2. The molecule has 1 amide bonds. The van der Waals surface area contributed by atoms with Crippen molar-refractivity contribution in [2.45, 2.75) is 33.1 Å². The van der Waals surface area contributed by atoms with Crippen molar-refractivity contribution in [1.82, 2.24) is 4.90 Å². The molecule has 1 fully saturated rings. The number of hydrogen-bond acceptors (Lipinski definition) is 5. The highest BCUT2D eigenvalue weighted by molar-refractivity contribution is 5.95. The number of anilines is 1. The SMILES string of the molecule is CCCOc1ccc(C(=O)N2CCC(C(=O)OCC)CC2)cc1N. The van der Waals surface area contributed by atoms with Crippen LogP contribution in [0.4, 0.5) is 5.69 Å².